The summed E-state index contributed by atoms with van der Waals surface area (Å²) in [7, 11) is -1.60. The third-order valence-corrected chi connectivity index (χ3v) is 4.59. The number of hydrogen-bond acceptors (Lipinski definition) is 2. The molecule has 0 aliphatic carbocycles. The molecule has 0 amide bonds. The molecular weight excluding hydrogens is 300 g/mol. The third-order valence-electron chi connectivity index (χ3n) is 3.71. The van der Waals surface area contributed by atoms with Crippen molar-refractivity contribution in [1.82, 2.24) is 0 Å². The molecule has 0 saturated carbocycles. The normalized spacial score (nSPS) is 22.8. The van der Waals surface area contributed by atoms with Crippen LogP contribution in [0.15, 0.2) is 60.7 Å². The maximum Gasteiger partial charge on any atom is 0.222 e. The lowest BCUT2D eigenvalue weighted by atomic mass is 9.92. The number of ether oxygens (including phenoxy) is 1. The molecule has 1 saturated heterocycles. The van der Waals surface area contributed by atoms with Crippen molar-refractivity contribution in [2.45, 2.75) is 31.3 Å². The Morgan fingerprint density at radius 2 is 1.57 bits per heavy atom. The Bertz CT molecular complexity index is 766. The fourth-order valence-electron chi connectivity index (χ4n) is 2.49. The zero-order chi connectivity index (χ0) is 16.5. The zero-order valence-electron chi connectivity index (χ0n) is 13.7. The van der Waals surface area contributed by atoms with Gasteiger partial charge in [-0.1, -0.05) is 86.2 Å². The van der Waals surface area contributed by atoms with E-state index < -0.39 is 13.7 Å². The molecule has 2 nitrogen and oxygen atoms in total. The predicted molar refractivity (Wildman–Crippen MR) is 94.9 cm³/mol. The van der Waals surface area contributed by atoms with E-state index in [-0.39, 0.29) is 11.9 Å². The van der Waals surface area contributed by atoms with E-state index in [9.17, 15) is 4.79 Å². The van der Waals surface area contributed by atoms with Crippen LogP contribution in [-0.4, -0.2) is 19.5 Å². The van der Waals surface area contributed by atoms with Gasteiger partial charge in [-0.15, -0.1) is 5.54 Å². The second kappa shape index (κ2) is 5.81. The van der Waals surface area contributed by atoms with Crippen molar-refractivity contribution in [2.24, 2.45) is 0 Å². The second-order valence-corrected chi connectivity index (χ2v) is 11.6. The van der Waals surface area contributed by atoms with Crippen molar-refractivity contribution >= 4 is 13.9 Å². The number of rotatable bonds is 3. The summed E-state index contributed by atoms with van der Waals surface area (Å²) in [5.74, 6) is 3.15. The van der Waals surface area contributed by atoms with Crippen LogP contribution in [0.2, 0.25) is 19.6 Å². The highest BCUT2D eigenvalue weighted by Crippen LogP contribution is 2.51. The van der Waals surface area contributed by atoms with Gasteiger partial charge in [-0.3, -0.25) is 4.79 Å². The summed E-state index contributed by atoms with van der Waals surface area (Å²) in [6.45, 7) is 6.50. The van der Waals surface area contributed by atoms with E-state index in [0.29, 0.717) is 5.56 Å². The van der Waals surface area contributed by atoms with E-state index in [1.54, 1.807) is 0 Å². The first kappa shape index (κ1) is 15.7. The first-order valence-corrected chi connectivity index (χ1v) is 11.3. The van der Waals surface area contributed by atoms with Crippen LogP contribution in [-0.2, 0) is 4.74 Å². The lowest BCUT2D eigenvalue weighted by molar-refractivity contribution is 0.0916. The van der Waals surface area contributed by atoms with Gasteiger partial charge in [-0.2, -0.15) is 0 Å². The highest BCUT2D eigenvalue weighted by Gasteiger charge is 2.62. The standard InChI is InChI=1S/C20H20O2Si/c1-23(2,3)15-14-20(18(21)16-10-6-4-7-11-16)19(22-20)17-12-8-5-9-13-17/h4-13,19H,1-3H3/t19?,20-/m1/s1. The molecule has 3 rings (SSSR count). The van der Waals surface area contributed by atoms with E-state index in [2.05, 4.69) is 31.1 Å². The molecule has 1 fully saturated rings. The fraction of sp³-hybridized carbons (Fsp3) is 0.250. The average molecular weight is 320 g/mol. The van der Waals surface area contributed by atoms with Crippen LogP contribution in [0.25, 0.3) is 0 Å². The minimum Gasteiger partial charge on any atom is -0.339 e. The van der Waals surface area contributed by atoms with Gasteiger partial charge in [0.2, 0.25) is 11.4 Å². The maximum absolute atomic E-state index is 13.0. The molecule has 2 atom stereocenters. The van der Waals surface area contributed by atoms with Gasteiger partial charge in [0.05, 0.1) is 0 Å². The Hall–Kier alpha value is -2.15. The van der Waals surface area contributed by atoms with E-state index in [4.69, 9.17) is 4.74 Å². The van der Waals surface area contributed by atoms with Crippen LogP contribution < -0.4 is 0 Å². The largest absolute Gasteiger partial charge is 0.339 e. The Morgan fingerprint density at radius 1 is 1.00 bits per heavy atom. The Balaban J connectivity index is 1.99. The van der Waals surface area contributed by atoms with Crippen molar-refractivity contribution in [3.63, 3.8) is 0 Å². The van der Waals surface area contributed by atoms with Crippen molar-refractivity contribution in [3.05, 3.63) is 71.8 Å². The van der Waals surface area contributed by atoms with E-state index in [1.807, 2.05) is 60.7 Å². The second-order valence-electron chi connectivity index (χ2n) is 6.84. The molecule has 1 unspecified atom stereocenters. The van der Waals surface area contributed by atoms with E-state index in [0.717, 1.165) is 5.56 Å². The van der Waals surface area contributed by atoms with Crippen molar-refractivity contribution in [1.29, 1.82) is 0 Å². The molecule has 0 spiro atoms. The first-order chi connectivity index (χ1) is 10.9. The molecule has 2 aromatic rings. The average Bonchev–Trinajstić information content (AvgIpc) is 3.29. The molecule has 0 aromatic heterocycles. The van der Waals surface area contributed by atoms with Gasteiger partial charge in [-0.05, 0) is 5.56 Å². The number of ketones is 1. The Kier molecular flexibility index (Phi) is 3.97. The highest BCUT2D eigenvalue weighted by atomic mass is 28.3. The van der Waals surface area contributed by atoms with Gasteiger partial charge in [0.15, 0.2) is 0 Å². The van der Waals surface area contributed by atoms with Crippen molar-refractivity contribution in [3.8, 4) is 11.5 Å². The summed E-state index contributed by atoms with van der Waals surface area (Å²) in [6, 6.07) is 19.1. The molecule has 1 aliphatic rings. The number of Topliss-reactive ketones (excluding diaryl/α,β-unsaturated/α-hetero) is 1. The molecule has 0 N–H and O–H groups in total. The maximum atomic E-state index is 13.0. The number of epoxide rings is 1. The lowest BCUT2D eigenvalue weighted by Gasteiger charge is -2.08. The molecule has 0 bridgehead atoms. The number of benzene rings is 2. The quantitative estimate of drug-likeness (QED) is 0.366. The van der Waals surface area contributed by atoms with Gasteiger partial charge in [-0.25, -0.2) is 0 Å². The van der Waals surface area contributed by atoms with Crippen LogP contribution in [0.5, 0.6) is 0 Å². The first-order valence-electron chi connectivity index (χ1n) is 7.79. The monoisotopic (exact) mass is 320 g/mol. The van der Waals surface area contributed by atoms with Crippen LogP contribution in [0.3, 0.4) is 0 Å². The molecule has 0 radical (unpaired) electrons. The smallest absolute Gasteiger partial charge is 0.222 e. The van der Waals surface area contributed by atoms with E-state index >= 15 is 0 Å². The summed E-state index contributed by atoms with van der Waals surface area (Å²) < 4.78 is 5.90. The van der Waals surface area contributed by atoms with Crippen LogP contribution in [0, 0.1) is 11.5 Å². The number of hydrogen-bond donors (Lipinski definition) is 0. The van der Waals surface area contributed by atoms with Gasteiger partial charge >= 0.3 is 0 Å². The molecule has 116 valence electrons. The summed E-state index contributed by atoms with van der Waals surface area (Å²) in [5.41, 5.74) is 3.94. The van der Waals surface area contributed by atoms with Crippen LogP contribution in [0.4, 0.5) is 0 Å². The van der Waals surface area contributed by atoms with Crippen molar-refractivity contribution < 1.29 is 9.53 Å². The topological polar surface area (TPSA) is 29.6 Å². The summed E-state index contributed by atoms with van der Waals surface area (Å²) in [5, 5.41) is 0. The number of carbonyl (C=O) groups excluding carboxylic acids is 1. The highest BCUT2D eigenvalue weighted by molar-refractivity contribution is 6.83. The van der Waals surface area contributed by atoms with Gasteiger partial charge in [0, 0.05) is 5.56 Å². The minimum absolute atomic E-state index is 0.0438. The molecule has 23 heavy (non-hydrogen) atoms. The summed E-state index contributed by atoms with van der Waals surface area (Å²) in [6.07, 6.45) is -0.278. The molecule has 1 heterocycles. The Labute approximate surface area is 138 Å². The molecular formula is C20H20O2Si. The summed E-state index contributed by atoms with van der Waals surface area (Å²) >= 11 is 0. The van der Waals surface area contributed by atoms with Crippen LogP contribution >= 0.6 is 0 Å². The molecule has 3 heteroatoms. The minimum atomic E-state index is -1.60. The Morgan fingerprint density at radius 3 is 2.13 bits per heavy atom. The zero-order valence-corrected chi connectivity index (χ0v) is 14.7. The molecule has 1 aliphatic heterocycles. The molecule has 2 aromatic carbocycles. The van der Waals surface area contributed by atoms with Gasteiger partial charge in [0.1, 0.15) is 14.2 Å². The van der Waals surface area contributed by atoms with Crippen LogP contribution in [0.1, 0.15) is 22.0 Å². The predicted octanol–water partition coefficient (Wildman–Crippen LogP) is 4.26. The van der Waals surface area contributed by atoms with Crippen molar-refractivity contribution in [2.75, 3.05) is 0 Å². The van der Waals surface area contributed by atoms with Gasteiger partial charge in [0.25, 0.3) is 0 Å². The lowest BCUT2D eigenvalue weighted by Crippen LogP contribution is -2.26. The van der Waals surface area contributed by atoms with E-state index in [1.165, 1.54) is 0 Å². The third kappa shape index (κ3) is 3.29. The fourth-order valence-corrected chi connectivity index (χ4v) is 3.05. The number of carbonyl (C=O) groups is 1. The summed E-state index contributed by atoms with van der Waals surface area (Å²) in [4.78, 5) is 13.0. The SMILES string of the molecule is C[Si](C)(C)C#C[C@]1(C(=O)c2ccccc2)OC1c1ccccc1. The van der Waals surface area contributed by atoms with Gasteiger partial charge < -0.3 is 4.74 Å².